The Hall–Kier alpha value is -3.61. The van der Waals surface area contributed by atoms with Gasteiger partial charge in [-0.25, -0.2) is 4.39 Å². The average Bonchev–Trinajstić information content (AvgIpc) is 3.23. The van der Waals surface area contributed by atoms with Gasteiger partial charge in [0.05, 0.1) is 32.3 Å². The van der Waals surface area contributed by atoms with Crippen molar-refractivity contribution in [2.75, 3.05) is 14.2 Å². The fourth-order valence-electron chi connectivity index (χ4n) is 3.57. The molecule has 0 amide bonds. The Bertz CT molecular complexity index is 1280. The second-order valence-electron chi connectivity index (χ2n) is 6.90. The van der Waals surface area contributed by atoms with Gasteiger partial charge in [0.15, 0.2) is 11.5 Å². The molecule has 0 aliphatic carbocycles. The molecule has 0 saturated carbocycles. The van der Waals surface area contributed by atoms with E-state index in [-0.39, 0.29) is 11.4 Å². The molecule has 2 heterocycles. The number of halogens is 1. The number of ether oxygens (including phenoxy) is 2. The maximum atomic E-state index is 14.0. The van der Waals surface area contributed by atoms with Gasteiger partial charge in [-0.2, -0.15) is 5.10 Å². The molecule has 30 heavy (non-hydrogen) atoms. The summed E-state index contributed by atoms with van der Waals surface area (Å²) in [5, 5.41) is 5.68. The molecule has 2 aromatic carbocycles. The summed E-state index contributed by atoms with van der Waals surface area (Å²) in [5.74, 6) is 0.771. The fraction of sp³-hybridized carbons (Fsp3) is 0.217. The minimum absolute atomic E-state index is 0.101. The number of pyridine rings is 1. The van der Waals surface area contributed by atoms with E-state index in [2.05, 4.69) is 5.10 Å². The van der Waals surface area contributed by atoms with Gasteiger partial charge in [0.2, 0.25) is 0 Å². The molecule has 7 heteroatoms. The third-order valence-electron chi connectivity index (χ3n) is 5.17. The monoisotopic (exact) mass is 407 g/mol. The molecular formula is C23H22FN3O3. The minimum atomic E-state index is -0.267. The molecule has 0 bridgehead atoms. The molecular weight excluding hydrogens is 385 g/mol. The van der Waals surface area contributed by atoms with Gasteiger partial charge in [-0.05, 0) is 25.1 Å². The smallest absolute Gasteiger partial charge is 0.258 e. The van der Waals surface area contributed by atoms with Crippen molar-refractivity contribution in [3.8, 4) is 22.6 Å². The van der Waals surface area contributed by atoms with E-state index in [0.717, 1.165) is 16.5 Å². The zero-order valence-electron chi connectivity index (χ0n) is 17.1. The van der Waals surface area contributed by atoms with Gasteiger partial charge >= 0.3 is 0 Å². The third kappa shape index (κ3) is 3.43. The first-order valence-corrected chi connectivity index (χ1v) is 9.61. The van der Waals surface area contributed by atoms with Crippen molar-refractivity contribution in [1.82, 2.24) is 14.3 Å². The number of benzene rings is 2. The van der Waals surface area contributed by atoms with Crippen LogP contribution in [0.5, 0.6) is 11.5 Å². The number of aromatic nitrogens is 3. The van der Waals surface area contributed by atoms with Crippen molar-refractivity contribution in [2.45, 2.75) is 20.0 Å². The van der Waals surface area contributed by atoms with Crippen LogP contribution >= 0.6 is 0 Å². The van der Waals surface area contributed by atoms with E-state index in [1.807, 2.05) is 19.3 Å². The summed E-state index contributed by atoms with van der Waals surface area (Å²) in [4.78, 5) is 12.9. The lowest BCUT2D eigenvalue weighted by Gasteiger charge is -2.13. The molecule has 0 radical (unpaired) electrons. The van der Waals surface area contributed by atoms with Gasteiger partial charge in [0, 0.05) is 41.0 Å². The Morgan fingerprint density at radius 2 is 1.73 bits per heavy atom. The summed E-state index contributed by atoms with van der Waals surface area (Å²) in [5.41, 5.74) is 2.12. The Kier molecular flexibility index (Phi) is 5.27. The normalized spacial score (nSPS) is 11.1. The maximum Gasteiger partial charge on any atom is 0.258 e. The van der Waals surface area contributed by atoms with Crippen LogP contribution in [0.4, 0.5) is 4.39 Å². The first kappa shape index (κ1) is 19.7. The summed E-state index contributed by atoms with van der Waals surface area (Å²) in [6, 6.07) is 10.1. The first-order valence-electron chi connectivity index (χ1n) is 9.61. The van der Waals surface area contributed by atoms with Gasteiger partial charge in [-0.1, -0.05) is 18.2 Å². The van der Waals surface area contributed by atoms with Crippen LogP contribution in [0.1, 0.15) is 12.5 Å². The van der Waals surface area contributed by atoms with Crippen molar-refractivity contribution in [3.05, 3.63) is 76.7 Å². The van der Waals surface area contributed by atoms with Gasteiger partial charge in [0.1, 0.15) is 5.82 Å². The zero-order valence-corrected chi connectivity index (χ0v) is 17.1. The Morgan fingerprint density at radius 1 is 1.03 bits per heavy atom. The van der Waals surface area contributed by atoms with Gasteiger partial charge in [-0.3, -0.25) is 9.48 Å². The number of hydrogen-bond donors (Lipinski definition) is 0. The molecule has 0 atom stereocenters. The molecule has 4 aromatic rings. The van der Waals surface area contributed by atoms with Crippen LogP contribution in [0.25, 0.3) is 21.9 Å². The minimum Gasteiger partial charge on any atom is -0.493 e. The highest BCUT2D eigenvalue weighted by Crippen LogP contribution is 2.35. The number of fused-ring (bicyclic) bond motifs is 1. The van der Waals surface area contributed by atoms with Gasteiger partial charge in [0.25, 0.3) is 5.56 Å². The van der Waals surface area contributed by atoms with Crippen molar-refractivity contribution in [2.24, 2.45) is 0 Å². The van der Waals surface area contributed by atoms with E-state index in [1.165, 1.54) is 6.07 Å². The van der Waals surface area contributed by atoms with Crippen LogP contribution in [0.2, 0.25) is 0 Å². The van der Waals surface area contributed by atoms with E-state index in [9.17, 15) is 9.18 Å². The molecule has 0 saturated heterocycles. The number of nitrogens with zero attached hydrogens (tertiary/aromatic N) is 3. The van der Waals surface area contributed by atoms with E-state index in [0.29, 0.717) is 35.5 Å². The third-order valence-corrected chi connectivity index (χ3v) is 5.17. The predicted octanol–water partition coefficient (Wildman–Crippen LogP) is 4.09. The van der Waals surface area contributed by atoms with Crippen LogP contribution < -0.4 is 15.0 Å². The Morgan fingerprint density at radius 3 is 2.40 bits per heavy atom. The first-order chi connectivity index (χ1) is 14.5. The molecule has 0 aliphatic heterocycles. The summed E-state index contributed by atoms with van der Waals surface area (Å²) in [7, 11) is 3.10. The second kappa shape index (κ2) is 8.02. The molecule has 0 fully saturated rings. The highest BCUT2D eigenvalue weighted by Gasteiger charge is 2.16. The summed E-state index contributed by atoms with van der Waals surface area (Å²) < 4.78 is 28.1. The van der Waals surface area contributed by atoms with Crippen LogP contribution in [0.3, 0.4) is 0 Å². The quantitative estimate of drug-likeness (QED) is 0.483. The lowest BCUT2D eigenvalue weighted by molar-refractivity contribution is 0.356. The average molecular weight is 407 g/mol. The second-order valence-corrected chi connectivity index (χ2v) is 6.90. The van der Waals surface area contributed by atoms with E-state index >= 15 is 0 Å². The number of aryl methyl sites for hydroxylation is 1. The largest absolute Gasteiger partial charge is 0.493 e. The van der Waals surface area contributed by atoms with Gasteiger partial charge in [-0.15, -0.1) is 0 Å². The zero-order chi connectivity index (χ0) is 21.3. The highest BCUT2D eigenvalue weighted by atomic mass is 19.1. The van der Waals surface area contributed by atoms with Crippen LogP contribution in [0.15, 0.2) is 59.8 Å². The summed E-state index contributed by atoms with van der Waals surface area (Å²) in [6.07, 6.45) is 5.39. The summed E-state index contributed by atoms with van der Waals surface area (Å²) >= 11 is 0. The summed E-state index contributed by atoms with van der Waals surface area (Å²) in [6.45, 7) is 2.76. The standard InChI is InChI=1S/C23H22FN3O3/c1-4-26-14-19(17-9-21(29-2)22(30-3)10-18(17)23(26)28)16-11-25-27(13-16)12-15-7-5-6-8-20(15)24/h5-11,13-14H,4,12H2,1-3H3. The van der Waals surface area contributed by atoms with Crippen molar-refractivity contribution >= 4 is 10.8 Å². The highest BCUT2D eigenvalue weighted by molar-refractivity contribution is 5.97. The molecule has 0 spiro atoms. The van der Waals surface area contributed by atoms with Crippen molar-refractivity contribution in [1.29, 1.82) is 0 Å². The fourth-order valence-corrected chi connectivity index (χ4v) is 3.57. The predicted molar refractivity (Wildman–Crippen MR) is 114 cm³/mol. The molecule has 0 aliphatic rings. The topological polar surface area (TPSA) is 58.3 Å². The lowest BCUT2D eigenvalue weighted by Crippen LogP contribution is -2.19. The van der Waals surface area contributed by atoms with Gasteiger partial charge < -0.3 is 14.0 Å². The molecule has 154 valence electrons. The lowest BCUT2D eigenvalue weighted by atomic mass is 10.0. The molecule has 4 rings (SSSR count). The van der Waals surface area contributed by atoms with Crippen LogP contribution in [-0.4, -0.2) is 28.6 Å². The molecule has 0 unspecified atom stereocenters. The molecule has 6 nitrogen and oxygen atoms in total. The maximum absolute atomic E-state index is 14.0. The van der Waals surface area contributed by atoms with Crippen molar-refractivity contribution < 1.29 is 13.9 Å². The number of rotatable bonds is 6. The molecule has 0 N–H and O–H groups in total. The Balaban J connectivity index is 1.86. The van der Waals surface area contributed by atoms with Crippen LogP contribution in [0, 0.1) is 5.82 Å². The van der Waals surface area contributed by atoms with E-state index in [1.54, 1.807) is 60.0 Å². The van der Waals surface area contributed by atoms with E-state index < -0.39 is 0 Å². The molecule has 2 aromatic heterocycles. The van der Waals surface area contributed by atoms with Crippen molar-refractivity contribution in [3.63, 3.8) is 0 Å². The Labute approximate surface area is 173 Å². The number of methoxy groups -OCH3 is 2. The SMILES string of the molecule is CCn1cc(-c2cnn(Cc3ccccc3F)c2)c2cc(OC)c(OC)cc2c1=O. The van der Waals surface area contributed by atoms with Crippen LogP contribution in [-0.2, 0) is 13.1 Å². The number of hydrogen-bond acceptors (Lipinski definition) is 4. The van der Waals surface area contributed by atoms with E-state index in [4.69, 9.17) is 9.47 Å².